The molecule has 2 heterocycles. The van der Waals surface area contributed by atoms with Crippen LogP contribution in [0.1, 0.15) is 39.6 Å². The molecule has 3 N–H and O–H groups in total. The van der Waals surface area contributed by atoms with Gasteiger partial charge in [0, 0.05) is 29.3 Å². The molecule has 0 saturated heterocycles. The van der Waals surface area contributed by atoms with Crippen molar-refractivity contribution in [1.29, 1.82) is 0 Å². The number of phenolic OH excluding ortho intramolecular Hbond substituents is 1. The van der Waals surface area contributed by atoms with Gasteiger partial charge in [0.1, 0.15) is 17.1 Å². The van der Waals surface area contributed by atoms with E-state index in [9.17, 15) is 15.0 Å². The third-order valence-electron chi connectivity index (χ3n) is 5.03. The number of benzene rings is 2. The molecule has 0 fully saturated rings. The summed E-state index contributed by atoms with van der Waals surface area (Å²) in [5.41, 5.74) is 4.15. The predicted octanol–water partition coefficient (Wildman–Crippen LogP) is 3.67. The fourth-order valence-corrected chi connectivity index (χ4v) is 3.84. The number of aryl methyl sites for hydroxylation is 1. The number of amides is 1. The molecular formula is C21H20ClN3O3. The van der Waals surface area contributed by atoms with E-state index in [1.54, 1.807) is 17.0 Å². The summed E-state index contributed by atoms with van der Waals surface area (Å²) in [5, 5.41) is 27.3. The summed E-state index contributed by atoms with van der Waals surface area (Å²) in [6.07, 6.45) is 0.476. The Balaban J connectivity index is 1.89. The van der Waals surface area contributed by atoms with E-state index in [2.05, 4.69) is 10.2 Å². The summed E-state index contributed by atoms with van der Waals surface area (Å²) >= 11 is 6.13. The van der Waals surface area contributed by atoms with Crippen molar-refractivity contribution in [2.24, 2.45) is 0 Å². The number of aromatic amines is 1. The molecule has 1 aliphatic heterocycles. The molecule has 7 heteroatoms. The Kier molecular flexibility index (Phi) is 4.83. The third-order valence-corrected chi connectivity index (χ3v) is 5.26. The number of halogens is 1. The van der Waals surface area contributed by atoms with Crippen LogP contribution in [0.4, 0.5) is 0 Å². The van der Waals surface area contributed by atoms with Gasteiger partial charge in [0.2, 0.25) is 0 Å². The molecule has 1 amide bonds. The summed E-state index contributed by atoms with van der Waals surface area (Å²) in [6, 6.07) is 12.4. The summed E-state index contributed by atoms with van der Waals surface area (Å²) in [4.78, 5) is 14.8. The standard InChI is InChI=1S/C21H20ClN3O3/c1-12-3-5-13(6-4-12)20-17-18(15-11-14(22)7-8-16(15)27)23-24-19(17)21(28)25(20)9-2-10-26/h3-8,11,20,26-27H,2,9-10H2,1H3,(H,23,24). The van der Waals surface area contributed by atoms with Gasteiger partial charge in [0.05, 0.1) is 6.04 Å². The molecule has 0 radical (unpaired) electrons. The lowest BCUT2D eigenvalue weighted by atomic mass is 9.95. The van der Waals surface area contributed by atoms with Gasteiger partial charge in [0.25, 0.3) is 5.91 Å². The minimum Gasteiger partial charge on any atom is -0.507 e. The monoisotopic (exact) mass is 397 g/mol. The molecule has 1 aromatic heterocycles. The number of nitrogens with zero attached hydrogens (tertiary/aromatic N) is 2. The Bertz CT molecular complexity index is 1030. The summed E-state index contributed by atoms with van der Waals surface area (Å²) in [6.45, 7) is 2.42. The number of carbonyl (C=O) groups is 1. The Morgan fingerprint density at radius 1 is 1.21 bits per heavy atom. The second kappa shape index (κ2) is 7.30. The zero-order valence-electron chi connectivity index (χ0n) is 15.3. The number of aliphatic hydroxyl groups excluding tert-OH is 1. The molecule has 1 aliphatic rings. The number of aromatic nitrogens is 2. The van der Waals surface area contributed by atoms with Gasteiger partial charge in [-0.15, -0.1) is 0 Å². The topological polar surface area (TPSA) is 89.5 Å². The van der Waals surface area contributed by atoms with Crippen molar-refractivity contribution < 1.29 is 15.0 Å². The van der Waals surface area contributed by atoms with Gasteiger partial charge in [-0.25, -0.2) is 0 Å². The molecule has 0 aliphatic carbocycles. The lowest BCUT2D eigenvalue weighted by Crippen LogP contribution is -2.31. The Morgan fingerprint density at radius 2 is 1.96 bits per heavy atom. The molecule has 28 heavy (non-hydrogen) atoms. The molecule has 0 saturated carbocycles. The highest BCUT2D eigenvalue weighted by Crippen LogP contribution is 2.44. The summed E-state index contributed by atoms with van der Waals surface area (Å²) < 4.78 is 0. The van der Waals surface area contributed by atoms with E-state index in [4.69, 9.17) is 11.6 Å². The second-order valence-corrected chi connectivity index (χ2v) is 7.35. The maximum absolute atomic E-state index is 13.0. The van der Waals surface area contributed by atoms with Gasteiger partial charge in [-0.05, 0) is 37.1 Å². The fraction of sp³-hybridized carbons (Fsp3) is 0.238. The van der Waals surface area contributed by atoms with Gasteiger partial charge in [-0.2, -0.15) is 5.10 Å². The Labute approximate surface area is 167 Å². The lowest BCUT2D eigenvalue weighted by Gasteiger charge is -2.26. The van der Waals surface area contributed by atoms with Gasteiger partial charge in [-0.3, -0.25) is 9.89 Å². The van der Waals surface area contributed by atoms with E-state index in [0.717, 1.165) is 11.1 Å². The zero-order chi connectivity index (χ0) is 19.8. The molecule has 144 valence electrons. The first-order valence-corrected chi connectivity index (χ1v) is 9.44. The number of H-pyrrole nitrogens is 1. The molecule has 1 unspecified atom stereocenters. The first-order valence-electron chi connectivity index (χ1n) is 9.06. The van der Waals surface area contributed by atoms with Gasteiger partial charge in [-0.1, -0.05) is 41.4 Å². The maximum atomic E-state index is 13.0. The van der Waals surface area contributed by atoms with Crippen LogP contribution in [0, 0.1) is 6.92 Å². The molecule has 6 nitrogen and oxygen atoms in total. The van der Waals surface area contributed by atoms with Crippen LogP contribution in [0.3, 0.4) is 0 Å². The molecule has 2 aromatic carbocycles. The van der Waals surface area contributed by atoms with Crippen molar-refractivity contribution in [2.45, 2.75) is 19.4 Å². The van der Waals surface area contributed by atoms with Crippen LogP contribution in [-0.2, 0) is 0 Å². The van der Waals surface area contributed by atoms with E-state index < -0.39 is 0 Å². The van der Waals surface area contributed by atoms with Crippen LogP contribution in [0.5, 0.6) is 5.75 Å². The van der Waals surface area contributed by atoms with Crippen LogP contribution in [-0.4, -0.2) is 44.4 Å². The van der Waals surface area contributed by atoms with Gasteiger partial charge < -0.3 is 15.1 Å². The van der Waals surface area contributed by atoms with Crippen molar-refractivity contribution in [3.8, 4) is 17.0 Å². The molecule has 4 rings (SSSR count). The number of rotatable bonds is 5. The highest BCUT2D eigenvalue weighted by Gasteiger charge is 2.42. The predicted molar refractivity (Wildman–Crippen MR) is 106 cm³/mol. The average molecular weight is 398 g/mol. The van der Waals surface area contributed by atoms with Crippen LogP contribution in [0.2, 0.25) is 5.02 Å². The summed E-state index contributed by atoms with van der Waals surface area (Å²) in [7, 11) is 0. The van der Waals surface area contributed by atoms with Crippen LogP contribution in [0.25, 0.3) is 11.3 Å². The number of hydrogen-bond donors (Lipinski definition) is 3. The number of carbonyl (C=O) groups excluding carboxylic acids is 1. The molecule has 3 aromatic rings. The number of fused-ring (bicyclic) bond motifs is 1. The van der Waals surface area contributed by atoms with E-state index in [-0.39, 0.29) is 24.3 Å². The first-order chi connectivity index (χ1) is 13.5. The normalized spacial score (nSPS) is 15.9. The smallest absolute Gasteiger partial charge is 0.273 e. The average Bonchev–Trinajstić information content (AvgIpc) is 3.22. The van der Waals surface area contributed by atoms with Crippen LogP contribution >= 0.6 is 11.6 Å². The molecular weight excluding hydrogens is 378 g/mol. The van der Waals surface area contributed by atoms with E-state index in [1.165, 1.54) is 6.07 Å². The van der Waals surface area contributed by atoms with Crippen molar-refractivity contribution >= 4 is 17.5 Å². The van der Waals surface area contributed by atoms with Crippen molar-refractivity contribution in [2.75, 3.05) is 13.2 Å². The van der Waals surface area contributed by atoms with E-state index in [0.29, 0.717) is 40.5 Å². The minimum absolute atomic E-state index is 0.00147. The zero-order valence-corrected chi connectivity index (χ0v) is 16.1. The highest BCUT2D eigenvalue weighted by molar-refractivity contribution is 6.31. The SMILES string of the molecule is Cc1ccc(C2c3c(-c4cc(Cl)ccc4O)n[nH]c3C(=O)N2CCCO)cc1. The Hall–Kier alpha value is -2.83. The fourth-order valence-electron chi connectivity index (χ4n) is 3.67. The first kappa shape index (κ1) is 18.5. The van der Waals surface area contributed by atoms with Crippen molar-refractivity contribution in [1.82, 2.24) is 15.1 Å². The lowest BCUT2D eigenvalue weighted by molar-refractivity contribution is 0.0732. The van der Waals surface area contributed by atoms with Crippen molar-refractivity contribution in [3.63, 3.8) is 0 Å². The number of phenols is 1. The number of nitrogens with one attached hydrogen (secondary N) is 1. The second-order valence-electron chi connectivity index (χ2n) is 6.91. The number of aromatic hydroxyl groups is 1. The van der Waals surface area contributed by atoms with Gasteiger partial charge in [0.15, 0.2) is 0 Å². The largest absolute Gasteiger partial charge is 0.507 e. The highest BCUT2D eigenvalue weighted by atomic mass is 35.5. The minimum atomic E-state index is -0.359. The van der Waals surface area contributed by atoms with Gasteiger partial charge >= 0.3 is 0 Å². The van der Waals surface area contributed by atoms with E-state index in [1.807, 2.05) is 31.2 Å². The quantitative estimate of drug-likeness (QED) is 0.612. The number of aliphatic hydroxyl groups is 1. The van der Waals surface area contributed by atoms with Crippen LogP contribution in [0.15, 0.2) is 42.5 Å². The number of hydrogen-bond acceptors (Lipinski definition) is 4. The maximum Gasteiger partial charge on any atom is 0.273 e. The van der Waals surface area contributed by atoms with E-state index >= 15 is 0 Å². The van der Waals surface area contributed by atoms with Crippen LogP contribution < -0.4 is 0 Å². The summed E-state index contributed by atoms with van der Waals surface area (Å²) in [5.74, 6) is -0.128. The molecule has 0 bridgehead atoms. The van der Waals surface area contributed by atoms with Crippen molar-refractivity contribution in [3.05, 3.63) is 69.9 Å². The third kappa shape index (κ3) is 3.04. The molecule has 1 atom stereocenters. The Morgan fingerprint density at radius 3 is 2.68 bits per heavy atom. The molecule has 0 spiro atoms.